The number of nitrogens with zero attached hydrogens (tertiary/aromatic N) is 1. The fourth-order valence-electron chi connectivity index (χ4n) is 1.72. The molecule has 5 heteroatoms. The minimum atomic E-state index is -0.242. The Morgan fingerprint density at radius 1 is 1.33 bits per heavy atom. The lowest BCUT2D eigenvalue weighted by atomic mass is 10.1. The number of para-hydroxylation sites is 1. The summed E-state index contributed by atoms with van der Waals surface area (Å²) in [5, 5.41) is 5.37. The fourth-order valence-corrected chi connectivity index (χ4v) is 1.88. The van der Waals surface area contributed by atoms with Gasteiger partial charge in [0, 0.05) is 22.7 Å². The second-order valence-corrected chi connectivity index (χ2v) is 3.69. The van der Waals surface area contributed by atoms with Crippen LogP contribution in [-0.4, -0.2) is 10.2 Å². The van der Waals surface area contributed by atoms with Gasteiger partial charge in [-0.25, -0.2) is 0 Å². The number of hydrazone groups is 1. The van der Waals surface area contributed by atoms with Crippen molar-refractivity contribution in [2.24, 2.45) is 5.10 Å². The molecule has 0 bridgehead atoms. The quantitative estimate of drug-likeness (QED) is 0.642. The lowest BCUT2D eigenvalue weighted by Crippen LogP contribution is -2.10. The molecule has 0 saturated carbocycles. The van der Waals surface area contributed by atoms with Crippen molar-refractivity contribution in [2.45, 2.75) is 6.23 Å². The summed E-state index contributed by atoms with van der Waals surface area (Å²) in [6, 6.07) is 8.06. The molecule has 2 aromatic rings. The summed E-state index contributed by atoms with van der Waals surface area (Å²) in [5.41, 5.74) is 5.00. The molecule has 1 aromatic heterocycles. The van der Waals surface area contributed by atoms with Gasteiger partial charge in [-0.05, 0) is 6.07 Å². The van der Waals surface area contributed by atoms with Crippen molar-refractivity contribution in [3.05, 3.63) is 36.0 Å². The molecular formula is C10H9N3OS. The van der Waals surface area contributed by atoms with Crippen LogP contribution in [-0.2, 0) is 4.74 Å². The maximum atomic E-state index is 5.40. The largest absolute Gasteiger partial charge is 0.442 e. The monoisotopic (exact) mass is 219 g/mol. The molecule has 1 aliphatic rings. The van der Waals surface area contributed by atoms with Gasteiger partial charge in [-0.2, -0.15) is 0 Å². The molecule has 0 radical (unpaired) electrons. The number of hydrogen-bond donors (Lipinski definition) is 3. The SMILES string of the molecule is SC1=NNC(c2c[nH]c3ccccc23)O1. The van der Waals surface area contributed by atoms with Gasteiger partial charge in [0.25, 0.3) is 5.23 Å². The summed E-state index contributed by atoms with van der Waals surface area (Å²) in [5.74, 6) is 0. The summed E-state index contributed by atoms with van der Waals surface area (Å²) in [6.45, 7) is 0. The Bertz CT molecular complexity index is 534. The number of benzene rings is 1. The van der Waals surface area contributed by atoms with Crippen molar-refractivity contribution in [1.29, 1.82) is 0 Å². The lowest BCUT2D eigenvalue weighted by molar-refractivity contribution is 0.198. The van der Waals surface area contributed by atoms with E-state index in [1.54, 1.807) is 0 Å². The Kier molecular flexibility index (Phi) is 1.85. The van der Waals surface area contributed by atoms with Gasteiger partial charge in [0.15, 0.2) is 0 Å². The third-order valence-electron chi connectivity index (χ3n) is 2.40. The zero-order valence-electron chi connectivity index (χ0n) is 7.77. The molecule has 1 aliphatic heterocycles. The molecule has 2 N–H and O–H groups in total. The summed E-state index contributed by atoms with van der Waals surface area (Å²) < 4.78 is 5.40. The second kappa shape index (κ2) is 3.20. The van der Waals surface area contributed by atoms with E-state index in [9.17, 15) is 0 Å². The Labute approximate surface area is 91.7 Å². The van der Waals surface area contributed by atoms with Crippen LogP contribution in [0.1, 0.15) is 11.8 Å². The molecule has 3 rings (SSSR count). The summed E-state index contributed by atoms with van der Waals surface area (Å²) in [4.78, 5) is 3.18. The normalized spacial score (nSPS) is 19.8. The Morgan fingerprint density at radius 2 is 2.20 bits per heavy atom. The molecule has 76 valence electrons. The highest BCUT2D eigenvalue weighted by Gasteiger charge is 2.21. The van der Waals surface area contributed by atoms with E-state index in [1.807, 2.05) is 30.5 Å². The van der Waals surface area contributed by atoms with Crippen molar-refractivity contribution < 1.29 is 4.74 Å². The van der Waals surface area contributed by atoms with Crippen molar-refractivity contribution in [1.82, 2.24) is 10.4 Å². The highest BCUT2D eigenvalue weighted by atomic mass is 32.1. The first-order valence-electron chi connectivity index (χ1n) is 4.59. The zero-order chi connectivity index (χ0) is 10.3. The Hall–Kier alpha value is -1.62. The van der Waals surface area contributed by atoms with Crippen LogP contribution in [0.25, 0.3) is 10.9 Å². The standard InChI is InChI=1S/C10H9N3OS/c15-10-13-12-9(14-10)7-5-11-8-4-2-1-3-6(7)8/h1-5,9,11-12H,(H,13,15). The fraction of sp³-hybridized carbons (Fsp3) is 0.100. The average Bonchev–Trinajstić information content (AvgIpc) is 2.83. The van der Waals surface area contributed by atoms with E-state index in [0.717, 1.165) is 16.5 Å². The Balaban J connectivity index is 2.05. The van der Waals surface area contributed by atoms with Crippen LogP contribution in [0.15, 0.2) is 35.6 Å². The lowest BCUT2D eigenvalue weighted by Gasteiger charge is -2.08. The first kappa shape index (κ1) is 8.67. The molecule has 1 aromatic carbocycles. The number of aromatic nitrogens is 1. The number of fused-ring (bicyclic) bond motifs is 1. The number of nitrogens with one attached hydrogen (secondary N) is 2. The predicted octanol–water partition coefficient (Wildman–Crippen LogP) is 1.99. The molecule has 1 unspecified atom stereocenters. The van der Waals surface area contributed by atoms with Crippen LogP contribution < -0.4 is 5.43 Å². The molecule has 0 aliphatic carbocycles. The molecule has 15 heavy (non-hydrogen) atoms. The maximum Gasteiger partial charge on any atom is 0.266 e. The van der Waals surface area contributed by atoms with Crippen LogP contribution in [0.4, 0.5) is 0 Å². The van der Waals surface area contributed by atoms with Crippen molar-refractivity contribution >= 4 is 28.8 Å². The van der Waals surface area contributed by atoms with E-state index in [1.165, 1.54) is 0 Å². The number of aromatic amines is 1. The summed E-state index contributed by atoms with van der Waals surface area (Å²) in [6.07, 6.45) is 1.68. The summed E-state index contributed by atoms with van der Waals surface area (Å²) in [7, 11) is 0. The van der Waals surface area contributed by atoms with Gasteiger partial charge in [-0.1, -0.05) is 30.8 Å². The van der Waals surface area contributed by atoms with Gasteiger partial charge in [0.05, 0.1) is 0 Å². The zero-order valence-corrected chi connectivity index (χ0v) is 8.66. The predicted molar refractivity (Wildman–Crippen MR) is 61.7 cm³/mol. The Morgan fingerprint density at radius 3 is 3.00 bits per heavy atom. The van der Waals surface area contributed by atoms with Gasteiger partial charge < -0.3 is 9.72 Å². The third-order valence-corrected chi connectivity index (χ3v) is 2.61. The average molecular weight is 219 g/mol. The summed E-state index contributed by atoms with van der Waals surface area (Å²) >= 11 is 4.03. The first-order chi connectivity index (χ1) is 7.34. The number of thiol groups is 1. The first-order valence-corrected chi connectivity index (χ1v) is 5.04. The molecule has 1 atom stereocenters. The van der Waals surface area contributed by atoms with E-state index in [2.05, 4.69) is 28.1 Å². The topological polar surface area (TPSA) is 49.4 Å². The molecular weight excluding hydrogens is 210 g/mol. The minimum Gasteiger partial charge on any atom is -0.442 e. The molecule has 0 fully saturated rings. The number of ether oxygens (including phenoxy) is 1. The van der Waals surface area contributed by atoms with Crippen molar-refractivity contribution in [2.75, 3.05) is 0 Å². The van der Waals surface area contributed by atoms with Crippen LogP contribution in [0.3, 0.4) is 0 Å². The minimum absolute atomic E-state index is 0.242. The van der Waals surface area contributed by atoms with E-state index >= 15 is 0 Å². The number of hydrogen-bond acceptors (Lipinski definition) is 3. The number of rotatable bonds is 1. The van der Waals surface area contributed by atoms with E-state index in [-0.39, 0.29) is 6.23 Å². The van der Waals surface area contributed by atoms with Gasteiger partial charge in [0.1, 0.15) is 0 Å². The van der Waals surface area contributed by atoms with Gasteiger partial charge in [-0.3, -0.25) is 5.43 Å². The smallest absolute Gasteiger partial charge is 0.266 e. The van der Waals surface area contributed by atoms with Crippen LogP contribution >= 0.6 is 12.6 Å². The van der Waals surface area contributed by atoms with E-state index in [4.69, 9.17) is 4.74 Å². The molecule has 4 nitrogen and oxygen atoms in total. The van der Waals surface area contributed by atoms with Crippen molar-refractivity contribution in [3.63, 3.8) is 0 Å². The van der Waals surface area contributed by atoms with Gasteiger partial charge in [0.2, 0.25) is 6.23 Å². The van der Waals surface area contributed by atoms with Crippen LogP contribution in [0.2, 0.25) is 0 Å². The third kappa shape index (κ3) is 1.35. The highest BCUT2D eigenvalue weighted by Crippen LogP contribution is 2.27. The number of H-pyrrole nitrogens is 1. The van der Waals surface area contributed by atoms with Crippen LogP contribution in [0.5, 0.6) is 0 Å². The van der Waals surface area contributed by atoms with Crippen LogP contribution in [0, 0.1) is 0 Å². The highest BCUT2D eigenvalue weighted by molar-refractivity contribution is 7.96. The molecule has 0 saturated heterocycles. The molecule has 0 spiro atoms. The van der Waals surface area contributed by atoms with Crippen molar-refractivity contribution in [3.8, 4) is 0 Å². The van der Waals surface area contributed by atoms with Gasteiger partial charge >= 0.3 is 0 Å². The molecule has 0 amide bonds. The molecule has 2 heterocycles. The maximum absolute atomic E-state index is 5.40. The van der Waals surface area contributed by atoms with E-state index in [0.29, 0.717) is 5.23 Å². The second-order valence-electron chi connectivity index (χ2n) is 3.31. The van der Waals surface area contributed by atoms with E-state index < -0.39 is 0 Å². The van der Waals surface area contributed by atoms with Gasteiger partial charge in [-0.15, -0.1) is 5.10 Å².